The molecule has 2 aromatic rings. The summed E-state index contributed by atoms with van der Waals surface area (Å²) in [6, 6.07) is 15.2. The van der Waals surface area contributed by atoms with Gasteiger partial charge in [0.05, 0.1) is 13.2 Å². The average Bonchev–Trinajstić information content (AvgIpc) is 2.87. The van der Waals surface area contributed by atoms with E-state index >= 15 is 0 Å². The lowest BCUT2D eigenvalue weighted by Gasteiger charge is -2.34. The van der Waals surface area contributed by atoms with E-state index in [2.05, 4.69) is 29.2 Å². The summed E-state index contributed by atoms with van der Waals surface area (Å²) < 4.78 is 17.6. The van der Waals surface area contributed by atoms with Gasteiger partial charge in [0.2, 0.25) is 0 Å². The van der Waals surface area contributed by atoms with Crippen LogP contribution in [0.25, 0.3) is 0 Å². The highest BCUT2D eigenvalue weighted by atomic mass is 16.5. The Kier molecular flexibility index (Phi) is 8.97. The number of amides is 1. The van der Waals surface area contributed by atoms with Crippen LogP contribution < -0.4 is 4.74 Å². The number of carbonyl (C=O) groups is 1. The maximum atomic E-state index is 13.0. The molecule has 0 unspecified atom stereocenters. The predicted molar refractivity (Wildman–Crippen MR) is 134 cm³/mol. The smallest absolute Gasteiger partial charge is 0.253 e. The average molecular weight is 467 g/mol. The first-order valence-corrected chi connectivity index (χ1v) is 12.7. The van der Waals surface area contributed by atoms with Crippen LogP contribution in [-0.4, -0.2) is 74.4 Å². The Morgan fingerprint density at radius 3 is 2.50 bits per heavy atom. The van der Waals surface area contributed by atoms with Crippen molar-refractivity contribution in [1.29, 1.82) is 0 Å². The quantitative estimate of drug-likeness (QED) is 0.678. The molecular weight excluding hydrogens is 428 g/mol. The van der Waals surface area contributed by atoms with E-state index in [-0.39, 0.29) is 5.91 Å². The third kappa shape index (κ3) is 6.38. The van der Waals surface area contributed by atoms with Crippen molar-refractivity contribution >= 4 is 5.91 Å². The first kappa shape index (κ1) is 24.7. The van der Waals surface area contributed by atoms with Gasteiger partial charge in [-0.05, 0) is 61.6 Å². The van der Waals surface area contributed by atoms with Crippen LogP contribution in [0.1, 0.15) is 53.7 Å². The lowest BCUT2D eigenvalue weighted by atomic mass is 9.99. The molecule has 6 heteroatoms. The van der Waals surface area contributed by atoms with Gasteiger partial charge in [-0.1, -0.05) is 24.3 Å². The minimum Gasteiger partial charge on any atom is -0.491 e. The van der Waals surface area contributed by atoms with Crippen molar-refractivity contribution in [3.05, 3.63) is 64.7 Å². The number of carbonyl (C=O) groups excluding carboxylic acids is 1. The van der Waals surface area contributed by atoms with E-state index in [1.54, 1.807) is 0 Å². The fourth-order valence-corrected chi connectivity index (χ4v) is 4.91. The summed E-state index contributed by atoms with van der Waals surface area (Å²) in [5.41, 5.74) is 4.28. The molecule has 0 saturated carbocycles. The molecule has 0 aliphatic carbocycles. The molecule has 2 aliphatic rings. The Morgan fingerprint density at radius 2 is 1.71 bits per heavy atom. The maximum absolute atomic E-state index is 13.0. The van der Waals surface area contributed by atoms with Crippen LogP contribution in [0.4, 0.5) is 0 Å². The summed E-state index contributed by atoms with van der Waals surface area (Å²) in [7, 11) is 0. The monoisotopic (exact) mass is 466 g/mol. The molecule has 2 aliphatic heterocycles. The molecule has 2 heterocycles. The van der Waals surface area contributed by atoms with Gasteiger partial charge >= 0.3 is 0 Å². The van der Waals surface area contributed by atoms with Crippen LogP contribution in [0, 0.1) is 0 Å². The first-order valence-electron chi connectivity index (χ1n) is 12.7. The number of fused-ring (bicyclic) bond motifs is 3. The minimum atomic E-state index is 0.0661. The van der Waals surface area contributed by atoms with Crippen molar-refractivity contribution in [2.75, 3.05) is 52.7 Å². The molecule has 4 rings (SSSR count). The van der Waals surface area contributed by atoms with Gasteiger partial charge in [0.25, 0.3) is 5.91 Å². The zero-order chi connectivity index (χ0) is 23.8. The Morgan fingerprint density at radius 1 is 0.941 bits per heavy atom. The lowest BCUT2D eigenvalue weighted by molar-refractivity contribution is 0.0133. The van der Waals surface area contributed by atoms with Crippen molar-refractivity contribution in [3.8, 4) is 5.75 Å². The van der Waals surface area contributed by atoms with Crippen molar-refractivity contribution in [2.45, 2.75) is 45.7 Å². The highest BCUT2D eigenvalue weighted by Gasteiger charge is 2.22. The van der Waals surface area contributed by atoms with Gasteiger partial charge in [-0.25, -0.2) is 0 Å². The Labute approximate surface area is 203 Å². The molecule has 0 atom stereocenters. The molecule has 1 fully saturated rings. The SMILES string of the molecule is CCN(CC)C(=O)c1ccc2c(c1)Cc1cccc(c1)CN(C1CCOCC1)CCOCCO2. The summed E-state index contributed by atoms with van der Waals surface area (Å²) >= 11 is 0. The normalized spacial score (nSPS) is 18.4. The zero-order valence-corrected chi connectivity index (χ0v) is 20.6. The number of nitrogens with zero attached hydrogens (tertiary/aromatic N) is 2. The second kappa shape index (κ2) is 12.3. The molecule has 1 saturated heterocycles. The van der Waals surface area contributed by atoms with Crippen molar-refractivity contribution in [2.24, 2.45) is 0 Å². The molecule has 2 aromatic carbocycles. The van der Waals surface area contributed by atoms with Crippen LogP contribution >= 0.6 is 0 Å². The number of rotatable bonds is 4. The molecule has 0 radical (unpaired) electrons. The Bertz CT molecular complexity index is 938. The highest BCUT2D eigenvalue weighted by molar-refractivity contribution is 5.94. The molecule has 6 nitrogen and oxygen atoms in total. The topological polar surface area (TPSA) is 51.2 Å². The van der Waals surface area contributed by atoms with E-state index in [4.69, 9.17) is 14.2 Å². The van der Waals surface area contributed by atoms with Crippen molar-refractivity contribution in [1.82, 2.24) is 9.80 Å². The van der Waals surface area contributed by atoms with Crippen molar-refractivity contribution in [3.63, 3.8) is 0 Å². The first-order chi connectivity index (χ1) is 16.7. The summed E-state index contributed by atoms with van der Waals surface area (Å²) in [6.45, 7) is 10.6. The summed E-state index contributed by atoms with van der Waals surface area (Å²) in [5, 5.41) is 0. The number of benzene rings is 2. The van der Waals surface area contributed by atoms with E-state index in [1.807, 2.05) is 36.9 Å². The van der Waals surface area contributed by atoms with E-state index < -0.39 is 0 Å². The molecule has 34 heavy (non-hydrogen) atoms. The molecule has 0 spiro atoms. The van der Waals surface area contributed by atoms with Crippen LogP contribution in [-0.2, 0) is 22.4 Å². The van der Waals surface area contributed by atoms with Gasteiger partial charge < -0.3 is 19.1 Å². The summed E-state index contributed by atoms with van der Waals surface area (Å²) in [4.78, 5) is 17.4. The molecule has 1 amide bonds. The Hall–Kier alpha value is -2.41. The van der Waals surface area contributed by atoms with Gasteiger partial charge in [0, 0.05) is 57.4 Å². The third-order valence-electron chi connectivity index (χ3n) is 6.85. The fraction of sp³-hybridized carbons (Fsp3) is 0.536. The fourth-order valence-electron chi connectivity index (χ4n) is 4.91. The molecule has 2 bridgehead atoms. The lowest BCUT2D eigenvalue weighted by Crippen LogP contribution is -2.41. The summed E-state index contributed by atoms with van der Waals surface area (Å²) in [6.07, 6.45) is 2.86. The molecule has 184 valence electrons. The van der Waals surface area contributed by atoms with Gasteiger partial charge in [-0.3, -0.25) is 9.69 Å². The number of hydrogen-bond acceptors (Lipinski definition) is 5. The zero-order valence-electron chi connectivity index (χ0n) is 20.6. The van der Waals surface area contributed by atoms with E-state index in [0.717, 1.165) is 56.9 Å². The van der Waals surface area contributed by atoms with Crippen LogP contribution in [0.3, 0.4) is 0 Å². The van der Waals surface area contributed by atoms with Gasteiger partial charge in [0.1, 0.15) is 12.4 Å². The summed E-state index contributed by atoms with van der Waals surface area (Å²) in [5.74, 6) is 0.891. The van der Waals surface area contributed by atoms with Crippen molar-refractivity contribution < 1.29 is 19.0 Å². The van der Waals surface area contributed by atoms with Gasteiger partial charge in [-0.15, -0.1) is 0 Å². The van der Waals surface area contributed by atoms with Crippen LogP contribution in [0.2, 0.25) is 0 Å². The highest BCUT2D eigenvalue weighted by Crippen LogP contribution is 2.26. The minimum absolute atomic E-state index is 0.0661. The number of hydrogen-bond donors (Lipinski definition) is 0. The van der Waals surface area contributed by atoms with E-state index in [0.29, 0.717) is 44.5 Å². The second-order valence-electron chi connectivity index (χ2n) is 9.07. The number of ether oxygens (including phenoxy) is 3. The Balaban J connectivity index is 1.60. The van der Waals surface area contributed by atoms with Crippen LogP contribution in [0.5, 0.6) is 5.75 Å². The van der Waals surface area contributed by atoms with Gasteiger partial charge in [-0.2, -0.15) is 0 Å². The maximum Gasteiger partial charge on any atom is 0.253 e. The third-order valence-corrected chi connectivity index (χ3v) is 6.85. The van der Waals surface area contributed by atoms with E-state index in [9.17, 15) is 4.79 Å². The predicted octanol–water partition coefficient (Wildman–Crippen LogP) is 4.15. The largest absolute Gasteiger partial charge is 0.491 e. The van der Waals surface area contributed by atoms with Crippen LogP contribution in [0.15, 0.2) is 42.5 Å². The molecule has 0 aromatic heterocycles. The molecular formula is C28H38N2O4. The standard InChI is InChI=1S/C28H38N2O4/c1-3-29(4-2)28(31)24-8-9-27-25(20-24)19-22-6-5-7-23(18-22)21-30(12-15-33-16-17-34-27)26-10-13-32-14-11-26/h5-9,18,20,26H,3-4,10-17,19,21H2,1-2H3. The second-order valence-corrected chi connectivity index (χ2v) is 9.07. The molecule has 0 N–H and O–H groups in total. The van der Waals surface area contributed by atoms with Gasteiger partial charge in [0.15, 0.2) is 0 Å². The van der Waals surface area contributed by atoms with E-state index in [1.165, 1.54) is 11.1 Å².